The van der Waals surface area contributed by atoms with Gasteiger partial charge in [-0.1, -0.05) is 0 Å². The number of ether oxygens (including phenoxy) is 2. The van der Waals surface area contributed by atoms with E-state index in [2.05, 4.69) is 4.98 Å². The van der Waals surface area contributed by atoms with Gasteiger partial charge in [0.15, 0.2) is 0 Å². The fraction of sp³-hybridized carbons (Fsp3) is 0.304. The van der Waals surface area contributed by atoms with Crippen LogP contribution in [0.5, 0.6) is 11.5 Å². The molecule has 2 aromatic carbocycles. The molecule has 0 bridgehead atoms. The van der Waals surface area contributed by atoms with E-state index in [1.807, 2.05) is 0 Å². The zero-order valence-electron chi connectivity index (χ0n) is 18.5. The van der Waals surface area contributed by atoms with E-state index in [4.69, 9.17) is 9.47 Å². The van der Waals surface area contributed by atoms with Crippen molar-refractivity contribution in [2.75, 3.05) is 40.4 Å². The number of fused-ring (bicyclic) bond motifs is 1. The third-order valence-electron chi connectivity index (χ3n) is 5.64. The first-order chi connectivity index (χ1) is 15.7. The highest BCUT2D eigenvalue weighted by Crippen LogP contribution is 2.31. The SMILES string of the molecule is COc1ccc(OC)c(S(=O)(=O)N2CCN(C(=O)c3cc(C)nc4cc(F)ccc34)CC2)c1. The predicted octanol–water partition coefficient (Wildman–Crippen LogP) is 2.85. The minimum atomic E-state index is -3.86. The Bertz CT molecular complexity index is 1320. The molecule has 1 amide bonds. The van der Waals surface area contributed by atoms with Gasteiger partial charge in [-0.05, 0) is 37.3 Å². The molecule has 1 aliphatic heterocycles. The summed E-state index contributed by atoms with van der Waals surface area (Å²) < 4.78 is 51.9. The van der Waals surface area contributed by atoms with Gasteiger partial charge in [0.05, 0.1) is 25.3 Å². The van der Waals surface area contributed by atoms with Gasteiger partial charge in [-0.2, -0.15) is 4.31 Å². The minimum Gasteiger partial charge on any atom is -0.497 e. The second kappa shape index (κ2) is 8.95. The van der Waals surface area contributed by atoms with Gasteiger partial charge in [0.1, 0.15) is 22.2 Å². The smallest absolute Gasteiger partial charge is 0.254 e. The Balaban J connectivity index is 1.56. The van der Waals surface area contributed by atoms with E-state index >= 15 is 0 Å². The standard InChI is InChI=1S/C23H24FN3O5S/c1-15-12-19(18-6-4-16(24)13-20(18)25-15)23(28)26-8-10-27(11-9-26)33(29,30)22-14-17(31-2)5-7-21(22)32-3/h4-7,12-14H,8-11H2,1-3H3. The monoisotopic (exact) mass is 473 g/mol. The second-order valence-corrected chi connectivity index (χ2v) is 9.59. The summed E-state index contributed by atoms with van der Waals surface area (Å²) in [5, 5.41) is 0.558. The number of aromatic nitrogens is 1. The number of methoxy groups -OCH3 is 2. The fourth-order valence-corrected chi connectivity index (χ4v) is 5.53. The van der Waals surface area contributed by atoms with Crippen molar-refractivity contribution < 1.29 is 27.1 Å². The molecule has 1 fully saturated rings. The highest BCUT2D eigenvalue weighted by molar-refractivity contribution is 7.89. The summed E-state index contributed by atoms with van der Waals surface area (Å²) >= 11 is 0. The van der Waals surface area contributed by atoms with Crippen LogP contribution in [0.1, 0.15) is 16.1 Å². The average molecular weight is 474 g/mol. The molecule has 174 valence electrons. The molecule has 8 nitrogen and oxygen atoms in total. The van der Waals surface area contributed by atoms with Crippen molar-refractivity contribution in [3.63, 3.8) is 0 Å². The number of sulfonamides is 1. The lowest BCUT2D eigenvalue weighted by atomic mass is 10.1. The number of benzene rings is 2. The van der Waals surface area contributed by atoms with Crippen molar-refractivity contribution in [3.05, 3.63) is 59.5 Å². The van der Waals surface area contributed by atoms with Gasteiger partial charge in [0.2, 0.25) is 10.0 Å². The Morgan fingerprint density at radius 2 is 1.73 bits per heavy atom. The number of hydrogen-bond donors (Lipinski definition) is 0. The minimum absolute atomic E-state index is 0.0157. The van der Waals surface area contributed by atoms with Crippen LogP contribution in [-0.4, -0.2) is 68.9 Å². The summed E-state index contributed by atoms with van der Waals surface area (Å²) in [6, 6.07) is 10.4. The summed E-state index contributed by atoms with van der Waals surface area (Å²) in [7, 11) is -0.992. The van der Waals surface area contributed by atoms with Gasteiger partial charge < -0.3 is 14.4 Å². The number of halogens is 1. The Hall–Kier alpha value is -3.24. The third kappa shape index (κ3) is 4.36. The molecule has 4 rings (SSSR count). The van der Waals surface area contributed by atoms with Crippen molar-refractivity contribution in [3.8, 4) is 11.5 Å². The highest BCUT2D eigenvalue weighted by atomic mass is 32.2. The largest absolute Gasteiger partial charge is 0.497 e. The number of amides is 1. The van der Waals surface area contributed by atoms with E-state index in [9.17, 15) is 17.6 Å². The van der Waals surface area contributed by atoms with Gasteiger partial charge in [-0.15, -0.1) is 0 Å². The molecular formula is C23H24FN3O5S. The van der Waals surface area contributed by atoms with Gasteiger partial charge in [-0.25, -0.2) is 12.8 Å². The van der Waals surface area contributed by atoms with Crippen LogP contribution in [0.25, 0.3) is 10.9 Å². The third-order valence-corrected chi connectivity index (χ3v) is 7.56. The van der Waals surface area contributed by atoms with Crippen LogP contribution in [0.15, 0.2) is 47.4 Å². The van der Waals surface area contributed by atoms with E-state index in [0.29, 0.717) is 27.9 Å². The van der Waals surface area contributed by atoms with Gasteiger partial charge >= 0.3 is 0 Å². The molecule has 0 atom stereocenters. The van der Waals surface area contributed by atoms with Crippen molar-refractivity contribution in [2.45, 2.75) is 11.8 Å². The lowest BCUT2D eigenvalue weighted by Crippen LogP contribution is -2.50. The van der Waals surface area contributed by atoms with Gasteiger partial charge in [0.25, 0.3) is 5.91 Å². The lowest BCUT2D eigenvalue weighted by molar-refractivity contribution is 0.0699. The van der Waals surface area contributed by atoms with E-state index < -0.39 is 15.8 Å². The van der Waals surface area contributed by atoms with E-state index in [1.165, 1.54) is 36.7 Å². The van der Waals surface area contributed by atoms with Gasteiger partial charge in [0, 0.05) is 49.4 Å². The fourth-order valence-electron chi connectivity index (χ4n) is 3.94. The van der Waals surface area contributed by atoms with Crippen molar-refractivity contribution >= 4 is 26.8 Å². The molecule has 1 aromatic heterocycles. The number of hydrogen-bond acceptors (Lipinski definition) is 6. The Labute approximate surface area is 191 Å². The molecule has 0 radical (unpaired) electrons. The molecule has 1 aliphatic rings. The highest BCUT2D eigenvalue weighted by Gasteiger charge is 2.33. The molecule has 0 aliphatic carbocycles. The summed E-state index contributed by atoms with van der Waals surface area (Å²) in [6.45, 7) is 2.44. The maximum atomic E-state index is 13.6. The Morgan fingerprint density at radius 1 is 1.00 bits per heavy atom. The van der Waals surface area contributed by atoms with Crippen LogP contribution < -0.4 is 9.47 Å². The van der Waals surface area contributed by atoms with Crippen LogP contribution in [0.3, 0.4) is 0 Å². The molecule has 2 heterocycles. The molecular weight excluding hydrogens is 449 g/mol. The van der Waals surface area contributed by atoms with Crippen LogP contribution in [0, 0.1) is 12.7 Å². The average Bonchev–Trinajstić information content (AvgIpc) is 2.82. The molecule has 3 aromatic rings. The molecule has 0 unspecified atom stereocenters. The van der Waals surface area contributed by atoms with Crippen LogP contribution >= 0.6 is 0 Å². The van der Waals surface area contributed by atoms with E-state index in [0.717, 1.165) is 0 Å². The quantitative estimate of drug-likeness (QED) is 0.566. The number of carbonyl (C=O) groups excluding carboxylic acids is 1. The lowest BCUT2D eigenvalue weighted by Gasteiger charge is -2.34. The number of nitrogens with zero attached hydrogens (tertiary/aromatic N) is 3. The van der Waals surface area contributed by atoms with Crippen LogP contribution in [-0.2, 0) is 10.0 Å². The predicted molar refractivity (Wildman–Crippen MR) is 121 cm³/mol. The summed E-state index contributed by atoms with van der Waals surface area (Å²) in [5.41, 5.74) is 1.43. The van der Waals surface area contributed by atoms with Gasteiger partial charge in [-0.3, -0.25) is 9.78 Å². The molecule has 0 N–H and O–H groups in total. The number of aryl methyl sites for hydroxylation is 1. The molecule has 10 heteroatoms. The van der Waals surface area contributed by atoms with Crippen molar-refractivity contribution in [2.24, 2.45) is 0 Å². The number of pyridine rings is 1. The topological polar surface area (TPSA) is 89.0 Å². The first kappa shape index (κ1) is 22.9. The summed E-state index contributed by atoms with van der Waals surface area (Å²) in [5.74, 6) is -0.0428. The molecule has 0 saturated carbocycles. The van der Waals surface area contributed by atoms with E-state index in [-0.39, 0.29) is 42.7 Å². The molecule has 33 heavy (non-hydrogen) atoms. The van der Waals surface area contributed by atoms with Crippen molar-refractivity contribution in [1.29, 1.82) is 0 Å². The maximum Gasteiger partial charge on any atom is 0.254 e. The molecule has 0 spiro atoms. The van der Waals surface area contributed by atoms with Crippen molar-refractivity contribution in [1.82, 2.24) is 14.2 Å². The number of carbonyl (C=O) groups is 1. The second-order valence-electron chi connectivity index (χ2n) is 7.69. The number of piperazine rings is 1. The molecule has 1 saturated heterocycles. The number of rotatable bonds is 5. The zero-order chi connectivity index (χ0) is 23.8. The Kier molecular flexibility index (Phi) is 6.22. The first-order valence-corrected chi connectivity index (χ1v) is 11.8. The summed E-state index contributed by atoms with van der Waals surface area (Å²) in [6.07, 6.45) is 0. The maximum absolute atomic E-state index is 13.6. The zero-order valence-corrected chi connectivity index (χ0v) is 19.4. The Morgan fingerprint density at radius 3 is 2.39 bits per heavy atom. The van der Waals surface area contributed by atoms with Crippen LogP contribution in [0.2, 0.25) is 0 Å². The van der Waals surface area contributed by atoms with Crippen LogP contribution in [0.4, 0.5) is 4.39 Å². The first-order valence-electron chi connectivity index (χ1n) is 10.3. The normalized spacial score (nSPS) is 15.0. The summed E-state index contributed by atoms with van der Waals surface area (Å²) in [4.78, 5) is 19.2. The van der Waals surface area contributed by atoms with E-state index in [1.54, 1.807) is 36.1 Å².